The zero-order chi connectivity index (χ0) is 26.9. The van der Waals surface area contributed by atoms with Crippen molar-refractivity contribution in [2.24, 2.45) is 10.7 Å². The van der Waals surface area contributed by atoms with Gasteiger partial charge in [-0.2, -0.15) is 13.2 Å². The van der Waals surface area contributed by atoms with Crippen LogP contribution in [0.3, 0.4) is 0 Å². The number of likely N-dealkylation sites (tertiary alicyclic amines) is 1. The van der Waals surface area contributed by atoms with Crippen molar-refractivity contribution in [3.05, 3.63) is 47.8 Å². The minimum Gasteiger partial charge on any atom is -0.370 e. The Bertz CT molecular complexity index is 1220. The van der Waals surface area contributed by atoms with E-state index in [2.05, 4.69) is 27.5 Å². The molecule has 3 amide bonds. The van der Waals surface area contributed by atoms with Crippen LogP contribution in [-0.4, -0.2) is 86.4 Å². The highest BCUT2D eigenvalue weighted by Crippen LogP contribution is 2.45. The largest absolute Gasteiger partial charge is 0.416 e. The molecule has 0 saturated carbocycles. The zero-order valence-corrected chi connectivity index (χ0v) is 19.2. The molecule has 4 aliphatic rings. The summed E-state index contributed by atoms with van der Waals surface area (Å²) >= 11 is 0. The molecule has 3 fully saturated rings. The van der Waals surface area contributed by atoms with Gasteiger partial charge in [0, 0.05) is 24.9 Å². The van der Waals surface area contributed by atoms with Crippen molar-refractivity contribution in [1.29, 1.82) is 0 Å². The van der Waals surface area contributed by atoms with Gasteiger partial charge >= 0.3 is 6.18 Å². The van der Waals surface area contributed by atoms with Crippen LogP contribution in [0.5, 0.6) is 0 Å². The summed E-state index contributed by atoms with van der Waals surface area (Å²) in [4.78, 5) is 44.0. The number of halogens is 3. The third kappa shape index (κ3) is 3.68. The molecule has 0 unspecified atom stereocenters. The topological polar surface area (TPSA) is 173 Å². The van der Waals surface area contributed by atoms with E-state index in [1.807, 2.05) is 0 Å². The standard InChI is InChI=1S/C22H24F3N7O5/c1-10-27-17-13(8-31-15(33)5-6-16(31)34)28-19(26)32-9-14(21(36,37)20(17,32)30-10)29-18(35)11-3-2-4-12(7-11)22(23,24)25/h2-4,7,13-14,17,27,30,36-37H,1,5-6,8-9H2,(H2,26,28)(H,29,35)/t13-,14-,17-,20-/m0/s1. The van der Waals surface area contributed by atoms with E-state index in [0.29, 0.717) is 6.07 Å². The van der Waals surface area contributed by atoms with Crippen LogP contribution in [0.1, 0.15) is 28.8 Å². The number of aliphatic hydroxyl groups is 2. The first-order chi connectivity index (χ1) is 17.3. The van der Waals surface area contributed by atoms with Crippen LogP contribution in [0.2, 0.25) is 0 Å². The van der Waals surface area contributed by atoms with Gasteiger partial charge in [0.2, 0.25) is 17.6 Å². The lowest BCUT2D eigenvalue weighted by Gasteiger charge is -2.49. The Morgan fingerprint density at radius 1 is 1.27 bits per heavy atom. The predicted octanol–water partition coefficient (Wildman–Crippen LogP) is -1.62. The van der Waals surface area contributed by atoms with Crippen LogP contribution in [-0.2, 0) is 15.8 Å². The van der Waals surface area contributed by atoms with E-state index >= 15 is 0 Å². The number of amides is 3. The quantitative estimate of drug-likeness (QED) is 0.200. The maximum Gasteiger partial charge on any atom is 0.416 e. The summed E-state index contributed by atoms with van der Waals surface area (Å²) < 4.78 is 39.3. The molecule has 4 aliphatic heterocycles. The number of carbonyl (C=O) groups is 3. The van der Waals surface area contributed by atoms with Crippen molar-refractivity contribution in [3.8, 4) is 0 Å². The summed E-state index contributed by atoms with van der Waals surface area (Å²) in [5, 5.41) is 31.1. The Kier molecular flexibility index (Phi) is 5.42. The van der Waals surface area contributed by atoms with Gasteiger partial charge in [0.15, 0.2) is 11.6 Å². The number of benzene rings is 1. The summed E-state index contributed by atoms with van der Waals surface area (Å²) in [5.74, 6) is -4.51. The van der Waals surface area contributed by atoms with Gasteiger partial charge < -0.3 is 36.8 Å². The molecule has 37 heavy (non-hydrogen) atoms. The molecule has 3 saturated heterocycles. The van der Waals surface area contributed by atoms with Gasteiger partial charge in [-0.3, -0.25) is 19.3 Å². The van der Waals surface area contributed by atoms with Crippen molar-refractivity contribution in [2.75, 3.05) is 13.1 Å². The van der Waals surface area contributed by atoms with Gasteiger partial charge in [-0.15, -0.1) is 0 Å². The smallest absolute Gasteiger partial charge is 0.370 e. The van der Waals surface area contributed by atoms with Crippen molar-refractivity contribution in [3.63, 3.8) is 0 Å². The minimum absolute atomic E-state index is 0.0542. The van der Waals surface area contributed by atoms with E-state index in [-0.39, 0.29) is 43.3 Å². The zero-order valence-electron chi connectivity index (χ0n) is 19.2. The maximum atomic E-state index is 13.1. The van der Waals surface area contributed by atoms with Gasteiger partial charge in [0.05, 0.1) is 30.0 Å². The molecule has 4 atom stereocenters. The summed E-state index contributed by atoms with van der Waals surface area (Å²) in [7, 11) is 0. The fourth-order valence-corrected chi connectivity index (χ4v) is 5.46. The van der Waals surface area contributed by atoms with E-state index < -0.39 is 59.0 Å². The molecule has 7 N–H and O–H groups in total. The number of carbonyl (C=O) groups excluding carboxylic acids is 3. The third-order valence-electron chi connectivity index (χ3n) is 7.20. The summed E-state index contributed by atoms with van der Waals surface area (Å²) in [6, 6.07) is 0.368. The number of aliphatic imine (C=N–C) groups is 1. The molecule has 0 radical (unpaired) electrons. The molecule has 0 aliphatic carbocycles. The van der Waals surface area contributed by atoms with Gasteiger partial charge in [-0.25, -0.2) is 4.99 Å². The Hall–Kier alpha value is -3.85. The van der Waals surface area contributed by atoms with Crippen LogP contribution < -0.4 is 21.7 Å². The Labute approximate surface area is 208 Å². The Balaban J connectivity index is 1.45. The van der Waals surface area contributed by atoms with Gasteiger partial charge in [-0.1, -0.05) is 12.6 Å². The van der Waals surface area contributed by atoms with Crippen LogP contribution in [0.25, 0.3) is 0 Å². The lowest BCUT2D eigenvalue weighted by Crippen LogP contribution is -2.78. The maximum absolute atomic E-state index is 13.1. The predicted molar refractivity (Wildman–Crippen MR) is 120 cm³/mol. The Morgan fingerprint density at radius 2 is 1.95 bits per heavy atom. The molecule has 198 valence electrons. The van der Waals surface area contributed by atoms with E-state index in [1.165, 1.54) is 4.90 Å². The first kappa shape index (κ1) is 24.8. The van der Waals surface area contributed by atoms with Gasteiger partial charge in [-0.05, 0) is 18.2 Å². The molecular formula is C22H24F3N7O5. The van der Waals surface area contributed by atoms with E-state index in [4.69, 9.17) is 5.73 Å². The number of nitrogens with one attached hydrogen (secondary N) is 3. The number of alkyl halides is 3. The highest BCUT2D eigenvalue weighted by atomic mass is 19.4. The fourth-order valence-electron chi connectivity index (χ4n) is 5.46. The first-order valence-corrected chi connectivity index (χ1v) is 11.4. The molecule has 4 heterocycles. The second-order valence-electron chi connectivity index (χ2n) is 9.39. The number of hydrogen-bond donors (Lipinski definition) is 6. The summed E-state index contributed by atoms with van der Waals surface area (Å²) in [6.45, 7) is 3.32. The molecule has 12 nitrogen and oxygen atoms in total. The number of rotatable bonds is 4. The number of nitrogens with zero attached hydrogens (tertiary/aromatic N) is 3. The van der Waals surface area contributed by atoms with Crippen LogP contribution >= 0.6 is 0 Å². The van der Waals surface area contributed by atoms with Crippen molar-refractivity contribution >= 4 is 23.7 Å². The molecule has 15 heteroatoms. The van der Waals surface area contributed by atoms with Crippen LogP contribution in [0, 0.1) is 0 Å². The van der Waals surface area contributed by atoms with E-state index in [1.54, 1.807) is 0 Å². The second-order valence-corrected chi connectivity index (χ2v) is 9.39. The van der Waals surface area contributed by atoms with Gasteiger partial charge in [0.1, 0.15) is 6.04 Å². The lowest BCUT2D eigenvalue weighted by atomic mass is 9.85. The molecule has 0 aromatic heterocycles. The molecular weight excluding hydrogens is 499 g/mol. The first-order valence-electron chi connectivity index (χ1n) is 11.4. The summed E-state index contributed by atoms with van der Waals surface area (Å²) in [5.41, 5.74) is 2.97. The van der Waals surface area contributed by atoms with Crippen LogP contribution in [0.4, 0.5) is 13.2 Å². The molecule has 1 aromatic rings. The normalized spacial score (nSPS) is 30.5. The number of guanidine groups is 1. The number of nitrogens with two attached hydrogens (primary N) is 1. The van der Waals surface area contributed by atoms with E-state index in [9.17, 15) is 37.8 Å². The van der Waals surface area contributed by atoms with Crippen molar-refractivity contribution in [1.82, 2.24) is 25.8 Å². The van der Waals surface area contributed by atoms with Gasteiger partial charge in [0.25, 0.3) is 5.91 Å². The van der Waals surface area contributed by atoms with Crippen molar-refractivity contribution < 1.29 is 37.8 Å². The lowest BCUT2D eigenvalue weighted by molar-refractivity contribution is -0.231. The summed E-state index contributed by atoms with van der Waals surface area (Å²) in [6.07, 6.45) is -4.57. The fraction of sp³-hybridized carbons (Fsp3) is 0.455. The average molecular weight is 523 g/mol. The third-order valence-corrected chi connectivity index (χ3v) is 7.20. The molecule has 5 rings (SSSR count). The highest BCUT2D eigenvalue weighted by molar-refractivity contribution is 6.02. The van der Waals surface area contributed by atoms with Crippen LogP contribution in [0.15, 0.2) is 41.7 Å². The molecule has 1 spiro atoms. The Morgan fingerprint density at radius 3 is 2.59 bits per heavy atom. The molecule has 1 aromatic carbocycles. The number of hydrogen-bond acceptors (Lipinski definition) is 10. The van der Waals surface area contributed by atoms with Crippen molar-refractivity contribution in [2.45, 2.75) is 48.6 Å². The average Bonchev–Trinajstić information content (AvgIpc) is 3.41. The SMILES string of the molecule is C=C1N[C@H]2[C@H](CN3C(=O)CCC3=O)N=C(N)N3C[C@H](NC(=O)c4cccc(C(F)(F)F)c4)C(O)(O)[C@]23N1. The molecule has 0 bridgehead atoms. The minimum atomic E-state index is -4.67. The number of imide groups is 1. The monoisotopic (exact) mass is 523 g/mol. The second kappa shape index (κ2) is 8.08. The highest BCUT2D eigenvalue weighted by Gasteiger charge is 2.73. The van der Waals surface area contributed by atoms with E-state index in [0.717, 1.165) is 23.1 Å².